The number of benzene rings is 1. The van der Waals surface area contributed by atoms with Crippen molar-refractivity contribution in [1.82, 2.24) is 5.32 Å². The van der Waals surface area contributed by atoms with Crippen LogP contribution in [-0.2, 0) is 11.2 Å². The summed E-state index contributed by atoms with van der Waals surface area (Å²) < 4.78 is 7.03. The molecular weight excluding hydrogens is 298 g/mol. The van der Waals surface area contributed by atoms with E-state index < -0.39 is 0 Å². The van der Waals surface area contributed by atoms with Crippen LogP contribution in [0.2, 0.25) is 0 Å². The molecule has 0 spiro atoms. The molecule has 0 amide bonds. The molecule has 0 saturated carbocycles. The number of rotatable bonds is 4. The van der Waals surface area contributed by atoms with Crippen molar-refractivity contribution < 1.29 is 4.74 Å². The van der Waals surface area contributed by atoms with Gasteiger partial charge in [0.2, 0.25) is 0 Å². The molecule has 1 heterocycles. The molecule has 2 atom stereocenters. The predicted octanol–water partition coefficient (Wildman–Crippen LogP) is 2.71. The second kappa shape index (κ2) is 6.78. The molecule has 1 N–H and O–H groups in total. The summed E-state index contributed by atoms with van der Waals surface area (Å²) in [4.78, 5) is 0. The summed E-state index contributed by atoms with van der Waals surface area (Å²) in [6, 6.07) is 8.79. The first-order chi connectivity index (χ1) is 8.31. The maximum Gasteiger partial charge on any atom is 0.0821 e. The van der Waals surface area contributed by atoms with Crippen LogP contribution in [0.15, 0.2) is 28.7 Å². The highest BCUT2D eigenvalue weighted by atomic mass is 79.9. The Labute approximate surface area is 116 Å². The number of thioether (sulfide) groups is 1. The first-order valence-electron chi connectivity index (χ1n) is 5.91. The van der Waals surface area contributed by atoms with Crippen molar-refractivity contribution in [3.63, 3.8) is 0 Å². The lowest BCUT2D eigenvalue weighted by atomic mass is 10.0. The van der Waals surface area contributed by atoms with E-state index >= 15 is 0 Å². The SMILES string of the molecule is CNC(Cc1ccccc1Br)C1CSCCO1. The van der Waals surface area contributed by atoms with Gasteiger partial charge in [0.25, 0.3) is 0 Å². The zero-order valence-corrected chi connectivity index (χ0v) is 12.4. The van der Waals surface area contributed by atoms with Crippen LogP contribution in [0.4, 0.5) is 0 Å². The van der Waals surface area contributed by atoms with Crippen molar-refractivity contribution in [2.45, 2.75) is 18.6 Å². The maximum atomic E-state index is 5.84. The minimum absolute atomic E-state index is 0.325. The Balaban J connectivity index is 2.01. The van der Waals surface area contributed by atoms with Gasteiger partial charge in [-0.05, 0) is 25.1 Å². The minimum Gasteiger partial charge on any atom is -0.375 e. The molecule has 0 aromatic heterocycles. The molecular formula is C13H18BrNOS. The topological polar surface area (TPSA) is 21.3 Å². The molecule has 0 radical (unpaired) electrons. The van der Waals surface area contributed by atoms with Crippen LogP contribution in [0.5, 0.6) is 0 Å². The fourth-order valence-corrected chi connectivity index (χ4v) is 3.45. The highest BCUT2D eigenvalue weighted by molar-refractivity contribution is 9.10. The summed E-state index contributed by atoms with van der Waals surface area (Å²) >= 11 is 5.59. The minimum atomic E-state index is 0.325. The number of hydrogen-bond donors (Lipinski definition) is 1. The molecule has 0 bridgehead atoms. The number of nitrogens with one attached hydrogen (secondary N) is 1. The quantitative estimate of drug-likeness (QED) is 0.923. The molecule has 17 heavy (non-hydrogen) atoms. The lowest BCUT2D eigenvalue weighted by molar-refractivity contribution is 0.0492. The summed E-state index contributed by atoms with van der Waals surface area (Å²) in [7, 11) is 2.02. The van der Waals surface area contributed by atoms with Gasteiger partial charge >= 0.3 is 0 Å². The fraction of sp³-hybridized carbons (Fsp3) is 0.538. The molecule has 0 aliphatic carbocycles. The van der Waals surface area contributed by atoms with Gasteiger partial charge in [-0.25, -0.2) is 0 Å². The summed E-state index contributed by atoms with van der Waals surface area (Å²) in [6.45, 7) is 0.878. The van der Waals surface area contributed by atoms with E-state index in [0.29, 0.717) is 12.1 Å². The average Bonchev–Trinajstić information content (AvgIpc) is 2.39. The Morgan fingerprint density at radius 1 is 1.53 bits per heavy atom. The van der Waals surface area contributed by atoms with Crippen LogP contribution in [0.1, 0.15) is 5.56 Å². The van der Waals surface area contributed by atoms with Crippen LogP contribution in [-0.4, -0.2) is 37.3 Å². The zero-order chi connectivity index (χ0) is 12.1. The first kappa shape index (κ1) is 13.4. The molecule has 1 aliphatic heterocycles. The molecule has 2 nitrogen and oxygen atoms in total. The van der Waals surface area contributed by atoms with E-state index in [2.05, 4.69) is 45.5 Å². The Hall–Kier alpha value is -0.0300. The molecule has 4 heteroatoms. The molecule has 1 fully saturated rings. The van der Waals surface area contributed by atoms with Crippen molar-refractivity contribution in [2.75, 3.05) is 25.2 Å². The van der Waals surface area contributed by atoms with Crippen molar-refractivity contribution in [3.05, 3.63) is 34.3 Å². The van der Waals surface area contributed by atoms with E-state index in [1.807, 2.05) is 18.8 Å². The van der Waals surface area contributed by atoms with Crippen LogP contribution in [0.3, 0.4) is 0 Å². The normalized spacial score (nSPS) is 22.4. The first-order valence-corrected chi connectivity index (χ1v) is 7.86. The summed E-state index contributed by atoms with van der Waals surface area (Å²) in [5.74, 6) is 2.22. The van der Waals surface area contributed by atoms with E-state index in [4.69, 9.17) is 4.74 Å². The van der Waals surface area contributed by atoms with Gasteiger partial charge in [-0.3, -0.25) is 0 Å². The largest absolute Gasteiger partial charge is 0.375 e. The molecule has 94 valence electrons. The predicted molar refractivity (Wildman–Crippen MR) is 77.8 cm³/mol. The number of hydrogen-bond acceptors (Lipinski definition) is 3. The third-order valence-corrected chi connectivity index (χ3v) is 4.85. The Bertz CT molecular complexity index is 355. The van der Waals surface area contributed by atoms with Crippen molar-refractivity contribution >= 4 is 27.7 Å². The van der Waals surface area contributed by atoms with Gasteiger partial charge in [-0.15, -0.1) is 0 Å². The van der Waals surface area contributed by atoms with Gasteiger partial charge in [0, 0.05) is 22.0 Å². The third-order valence-electron chi connectivity index (χ3n) is 3.06. The van der Waals surface area contributed by atoms with Crippen molar-refractivity contribution in [3.8, 4) is 0 Å². The lowest BCUT2D eigenvalue weighted by Crippen LogP contribution is -2.44. The van der Waals surface area contributed by atoms with Gasteiger partial charge in [-0.2, -0.15) is 11.8 Å². The Morgan fingerprint density at radius 3 is 3.00 bits per heavy atom. The second-order valence-corrected chi connectivity index (χ2v) is 6.18. The standard InChI is InChI=1S/C13H18BrNOS/c1-15-12(13-9-17-7-6-16-13)8-10-4-2-3-5-11(10)14/h2-5,12-13,15H,6-9H2,1H3. The highest BCUT2D eigenvalue weighted by Gasteiger charge is 2.24. The van der Waals surface area contributed by atoms with Crippen LogP contribution < -0.4 is 5.32 Å². The average molecular weight is 316 g/mol. The maximum absolute atomic E-state index is 5.84. The monoisotopic (exact) mass is 315 g/mol. The summed E-state index contributed by atoms with van der Waals surface area (Å²) in [5.41, 5.74) is 1.34. The van der Waals surface area contributed by atoms with E-state index in [1.54, 1.807) is 0 Å². The van der Waals surface area contributed by atoms with Crippen molar-refractivity contribution in [1.29, 1.82) is 0 Å². The number of ether oxygens (including phenoxy) is 1. The smallest absolute Gasteiger partial charge is 0.0821 e. The highest BCUT2D eigenvalue weighted by Crippen LogP contribution is 2.22. The van der Waals surface area contributed by atoms with Crippen molar-refractivity contribution in [2.24, 2.45) is 0 Å². The van der Waals surface area contributed by atoms with Gasteiger partial charge in [0.05, 0.1) is 12.7 Å². The summed E-state index contributed by atoms with van der Waals surface area (Å²) in [5, 5.41) is 3.39. The second-order valence-electron chi connectivity index (χ2n) is 4.17. The Morgan fingerprint density at radius 2 is 2.35 bits per heavy atom. The van der Waals surface area contributed by atoms with Crippen LogP contribution in [0, 0.1) is 0 Å². The van der Waals surface area contributed by atoms with Gasteiger partial charge in [-0.1, -0.05) is 34.1 Å². The van der Waals surface area contributed by atoms with Gasteiger partial charge < -0.3 is 10.1 Å². The lowest BCUT2D eigenvalue weighted by Gasteiger charge is -2.30. The third kappa shape index (κ3) is 3.71. The molecule has 2 unspecified atom stereocenters. The summed E-state index contributed by atoms with van der Waals surface area (Å²) in [6.07, 6.45) is 1.33. The Kier molecular flexibility index (Phi) is 5.35. The van der Waals surface area contributed by atoms with E-state index in [1.165, 1.54) is 10.0 Å². The van der Waals surface area contributed by atoms with E-state index in [9.17, 15) is 0 Å². The molecule has 1 aromatic rings. The zero-order valence-electron chi connectivity index (χ0n) is 9.99. The number of likely N-dealkylation sites (N-methyl/N-ethyl adjacent to an activating group) is 1. The van der Waals surface area contributed by atoms with Crippen LogP contribution >= 0.6 is 27.7 Å². The fourth-order valence-electron chi connectivity index (χ4n) is 2.06. The molecule has 2 rings (SSSR count). The molecule has 1 aromatic carbocycles. The van der Waals surface area contributed by atoms with Gasteiger partial charge in [0.1, 0.15) is 0 Å². The van der Waals surface area contributed by atoms with Crippen LogP contribution in [0.25, 0.3) is 0 Å². The van der Waals surface area contributed by atoms with Gasteiger partial charge in [0.15, 0.2) is 0 Å². The molecule has 1 saturated heterocycles. The molecule has 1 aliphatic rings. The van der Waals surface area contributed by atoms with E-state index in [0.717, 1.165) is 24.5 Å². The van der Waals surface area contributed by atoms with E-state index in [-0.39, 0.29) is 0 Å². The number of halogens is 1.